The molecule has 1 aromatic carbocycles. The van der Waals surface area contributed by atoms with Crippen molar-refractivity contribution in [3.63, 3.8) is 0 Å². The van der Waals surface area contributed by atoms with Crippen molar-refractivity contribution in [3.05, 3.63) is 34.9 Å². The topological polar surface area (TPSA) is 20.3 Å². The molecule has 86 valence electrons. The summed E-state index contributed by atoms with van der Waals surface area (Å²) < 4.78 is 26.0. The van der Waals surface area contributed by atoms with Crippen LogP contribution in [0.25, 0.3) is 0 Å². The maximum absolute atomic E-state index is 13.0. The number of nitrogens with zero attached hydrogens (tertiary/aromatic N) is 1. The van der Waals surface area contributed by atoms with E-state index < -0.39 is 11.6 Å². The number of amides is 1. The fourth-order valence-corrected chi connectivity index (χ4v) is 1.85. The maximum Gasteiger partial charge on any atom is 0.255 e. The van der Waals surface area contributed by atoms with E-state index in [0.29, 0.717) is 12.1 Å². The van der Waals surface area contributed by atoms with Gasteiger partial charge >= 0.3 is 0 Å². The Balaban J connectivity index is 2.47. The Hall–Kier alpha value is -1.45. The van der Waals surface area contributed by atoms with Crippen LogP contribution in [-0.4, -0.2) is 16.3 Å². The molecule has 1 amide bonds. The lowest BCUT2D eigenvalue weighted by Crippen LogP contribution is -2.41. The van der Waals surface area contributed by atoms with Crippen LogP contribution in [0.2, 0.25) is 0 Å². The van der Waals surface area contributed by atoms with Gasteiger partial charge in [-0.1, -0.05) is 0 Å². The number of hydrogen-bond donors (Lipinski definition) is 0. The minimum Gasteiger partial charge on any atom is -0.329 e. The molecule has 0 bridgehead atoms. The molecule has 2 rings (SSSR count). The smallest absolute Gasteiger partial charge is 0.255 e. The van der Waals surface area contributed by atoms with E-state index in [4.69, 9.17) is 0 Å². The average molecular weight is 225 g/mol. The van der Waals surface area contributed by atoms with Gasteiger partial charge in [-0.2, -0.15) is 0 Å². The predicted molar refractivity (Wildman–Crippen MR) is 56.0 cm³/mol. The molecule has 1 aromatic rings. The molecule has 0 spiro atoms. The summed E-state index contributed by atoms with van der Waals surface area (Å²) in [4.78, 5) is 13.6. The molecule has 0 aromatic heterocycles. The van der Waals surface area contributed by atoms with E-state index in [2.05, 4.69) is 0 Å². The first-order valence-corrected chi connectivity index (χ1v) is 5.10. The van der Waals surface area contributed by atoms with Crippen LogP contribution in [0.5, 0.6) is 0 Å². The number of rotatable bonds is 0. The molecule has 1 aliphatic heterocycles. The average Bonchev–Trinajstić information content (AvgIpc) is 2.45. The van der Waals surface area contributed by atoms with Gasteiger partial charge in [0.05, 0.1) is 0 Å². The SMILES string of the molecule is CC(C)(C)N1Cc2cc(F)c(F)cc2C1=O. The first-order valence-electron chi connectivity index (χ1n) is 5.10. The minimum absolute atomic E-state index is 0.235. The zero-order chi connectivity index (χ0) is 12.1. The Labute approximate surface area is 92.9 Å². The van der Waals surface area contributed by atoms with Crippen molar-refractivity contribution in [2.45, 2.75) is 32.9 Å². The number of halogens is 2. The third-order valence-corrected chi connectivity index (χ3v) is 2.76. The van der Waals surface area contributed by atoms with Crippen LogP contribution in [0.15, 0.2) is 12.1 Å². The molecule has 0 unspecified atom stereocenters. The van der Waals surface area contributed by atoms with Gasteiger partial charge in [-0.15, -0.1) is 0 Å². The summed E-state index contributed by atoms with van der Waals surface area (Å²) in [5.41, 5.74) is 0.482. The van der Waals surface area contributed by atoms with E-state index in [1.54, 1.807) is 4.90 Å². The molecule has 4 heteroatoms. The summed E-state index contributed by atoms with van der Waals surface area (Å²) >= 11 is 0. The lowest BCUT2D eigenvalue weighted by molar-refractivity contribution is 0.0609. The summed E-state index contributed by atoms with van der Waals surface area (Å²) in [6.45, 7) is 6.02. The minimum atomic E-state index is -0.970. The summed E-state index contributed by atoms with van der Waals surface area (Å²) in [5, 5.41) is 0. The Kier molecular flexibility index (Phi) is 2.26. The van der Waals surface area contributed by atoms with Crippen LogP contribution in [0.4, 0.5) is 8.78 Å². The predicted octanol–water partition coefficient (Wildman–Crippen LogP) is 2.72. The Morgan fingerprint density at radius 2 is 1.75 bits per heavy atom. The highest BCUT2D eigenvalue weighted by molar-refractivity contribution is 5.98. The molecule has 0 aliphatic carbocycles. The molecule has 1 aliphatic rings. The highest BCUT2D eigenvalue weighted by Crippen LogP contribution is 2.30. The van der Waals surface area contributed by atoms with Crippen molar-refractivity contribution >= 4 is 5.91 Å². The second kappa shape index (κ2) is 3.27. The van der Waals surface area contributed by atoms with Crippen LogP contribution in [-0.2, 0) is 6.54 Å². The van der Waals surface area contributed by atoms with Gasteiger partial charge in [0.1, 0.15) is 0 Å². The molecule has 0 radical (unpaired) electrons. The molecular formula is C12H13F2NO. The summed E-state index contributed by atoms with van der Waals surface area (Å²) in [6, 6.07) is 2.09. The van der Waals surface area contributed by atoms with Gasteiger partial charge in [0.2, 0.25) is 0 Å². The number of carbonyl (C=O) groups is 1. The van der Waals surface area contributed by atoms with Gasteiger partial charge < -0.3 is 4.90 Å². The molecule has 0 saturated carbocycles. The van der Waals surface area contributed by atoms with E-state index in [1.807, 2.05) is 20.8 Å². The standard InChI is InChI=1S/C12H13F2NO/c1-12(2,3)15-6-7-4-9(13)10(14)5-8(7)11(15)16/h4-5H,6H2,1-3H3. The third kappa shape index (κ3) is 1.58. The van der Waals surface area contributed by atoms with Crippen LogP contribution in [0.3, 0.4) is 0 Å². The summed E-state index contributed by atoms with van der Waals surface area (Å²) in [5.74, 6) is -2.11. The van der Waals surface area contributed by atoms with E-state index in [9.17, 15) is 13.6 Å². The molecule has 0 atom stereocenters. The van der Waals surface area contributed by atoms with E-state index in [1.165, 1.54) is 0 Å². The van der Waals surface area contributed by atoms with Crippen molar-refractivity contribution in [1.82, 2.24) is 4.90 Å². The van der Waals surface area contributed by atoms with Gasteiger partial charge in [-0.05, 0) is 38.5 Å². The third-order valence-electron chi connectivity index (χ3n) is 2.76. The second-order valence-electron chi connectivity index (χ2n) is 4.99. The monoisotopic (exact) mass is 225 g/mol. The summed E-state index contributed by atoms with van der Waals surface area (Å²) in [6.07, 6.45) is 0. The molecule has 0 fully saturated rings. The Bertz CT molecular complexity index is 463. The van der Waals surface area contributed by atoms with Crippen LogP contribution < -0.4 is 0 Å². The number of fused-ring (bicyclic) bond motifs is 1. The number of hydrogen-bond acceptors (Lipinski definition) is 1. The number of benzene rings is 1. The Morgan fingerprint density at radius 3 is 2.31 bits per heavy atom. The van der Waals surface area contributed by atoms with Crippen molar-refractivity contribution in [3.8, 4) is 0 Å². The summed E-state index contributed by atoms with van der Waals surface area (Å²) in [7, 11) is 0. The normalized spacial score (nSPS) is 15.6. The van der Waals surface area contributed by atoms with Crippen molar-refractivity contribution in [2.24, 2.45) is 0 Å². The highest BCUT2D eigenvalue weighted by atomic mass is 19.2. The fraction of sp³-hybridized carbons (Fsp3) is 0.417. The van der Waals surface area contributed by atoms with E-state index in [0.717, 1.165) is 12.1 Å². The van der Waals surface area contributed by atoms with Gasteiger partial charge in [0.25, 0.3) is 5.91 Å². The largest absolute Gasteiger partial charge is 0.329 e. The van der Waals surface area contributed by atoms with E-state index >= 15 is 0 Å². The first-order chi connectivity index (χ1) is 7.30. The van der Waals surface area contributed by atoms with Crippen molar-refractivity contribution < 1.29 is 13.6 Å². The quantitative estimate of drug-likeness (QED) is 0.664. The molecule has 0 saturated heterocycles. The first kappa shape index (κ1) is 11.0. The van der Waals surface area contributed by atoms with Crippen LogP contribution in [0, 0.1) is 11.6 Å². The second-order valence-corrected chi connectivity index (χ2v) is 4.99. The van der Waals surface area contributed by atoms with Crippen LogP contribution in [0.1, 0.15) is 36.7 Å². The molecule has 16 heavy (non-hydrogen) atoms. The molecule has 1 heterocycles. The molecule has 2 nitrogen and oxygen atoms in total. The maximum atomic E-state index is 13.0. The Morgan fingerprint density at radius 1 is 1.19 bits per heavy atom. The zero-order valence-corrected chi connectivity index (χ0v) is 9.47. The van der Waals surface area contributed by atoms with Gasteiger partial charge in [0.15, 0.2) is 11.6 Å². The van der Waals surface area contributed by atoms with Gasteiger partial charge in [-0.3, -0.25) is 4.79 Å². The molecular weight excluding hydrogens is 212 g/mol. The lowest BCUT2D eigenvalue weighted by atomic mass is 10.1. The van der Waals surface area contributed by atoms with Gasteiger partial charge in [-0.25, -0.2) is 8.78 Å². The van der Waals surface area contributed by atoms with E-state index in [-0.39, 0.29) is 17.0 Å². The molecule has 0 N–H and O–H groups in total. The zero-order valence-electron chi connectivity index (χ0n) is 9.47. The number of carbonyl (C=O) groups excluding carboxylic acids is 1. The van der Waals surface area contributed by atoms with Crippen molar-refractivity contribution in [2.75, 3.05) is 0 Å². The fourth-order valence-electron chi connectivity index (χ4n) is 1.85. The highest BCUT2D eigenvalue weighted by Gasteiger charge is 2.35. The van der Waals surface area contributed by atoms with Crippen molar-refractivity contribution in [1.29, 1.82) is 0 Å². The lowest BCUT2D eigenvalue weighted by Gasteiger charge is -2.31. The van der Waals surface area contributed by atoms with Crippen LogP contribution >= 0.6 is 0 Å². The van der Waals surface area contributed by atoms with Gasteiger partial charge in [0, 0.05) is 17.6 Å².